The number of amides is 2. The van der Waals surface area contributed by atoms with Crippen LogP contribution in [0.4, 0.5) is 11.4 Å². The first-order valence-corrected chi connectivity index (χ1v) is 12.3. The Labute approximate surface area is 222 Å². The van der Waals surface area contributed by atoms with Crippen LogP contribution in [0, 0.1) is 11.8 Å². The van der Waals surface area contributed by atoms with Gasteiger partial charge in [0.2, 0.25) is 5.78 Å². The van der Waals surface area contributed by atoms with E-state index in [4.69, 9.17) is 5.73 Å². The van der Waals surface area contributed by atoms with Gasteiger partial charge < -0.3 is 36.4 Å². The minimum atomic E-state index is -2.65. The number of phenolic OH excluding ortho intramolecular Hbond substituents is 1. The standard InChI is InChI=1S/C28H27N3O8/c1-31(2)17-11-16(27(38)30-14-6-4-3-5-7-14)22(33)20-15(17)9-12-8-13-10-18(32)21(26(29)37)25(36)28(13,39)24(35)19(12)23(20)34/h3-7,11-13,33-34,36,39H,8-10H2,1-2H3,(H2,29,37)(H,30,38)/t12-,13+,28+/m1/s1. The molecule has 0 aliphatic heterocycles. The molecule has 0 heterocycles. The van der Waals surface area contributed by atoms with Crippen LogP contribution >= 0.6 is 0 Å². The third-order valence-electron chi connectivity index (χ3n) is 7.80. The first-order chi connectivity index (χ1) is 18.4. The summed E-state index contributed by atoms with van der Waals surface area (Å²) >= 11 is 0. The molecule has 0 bridgehead atoms. The number of carbonyl (C=O) groups is 4. The number of anilines is 2. The minimum absolute atomic E-state index is 0.0206. The molecule has 11 nitrogen and oxygen atoms in total. The van der Waals surface area contributed by atoms with E-state index in [1.165, 1.54) is 6.07 Å². The van der Waals surface area contributed by atoms with Crippen LogP contribution in [-0.4, -0.2) is 63.5 Å². The Balaban J connectivity index is 1.68. The van der Waals surface area contributed by atoms with Gasteiger partial charge in [-0.15, -0.1) is 0 Å². The van der Waals surface area contributed by atoms with Crippen LogP contribution in [-0.2, 0) is 20.8 Å². The van der Waals surface area contributed by atoms with E-state index in [0.29, 0.717) is 16.9 Å². The molecule has 7 N–H and O–H groups in total. The molecule has 11 heteroatoms. The molecule has 2 aromatic carbocycles. The predicted molar refractivity (Wildman–Crippen MR) is 140 cm³/mol. The summed E-state index contributed by atoms with van der Waals surface area (Å²) in [5, 5.41) is 47.4. The molecule has 0 radical (unpaired) electrons. The number of primary amides is 1. The van der Waals surface area contributed by atoms with E-state index in [9.17, 15) is 39.6 Å². The lowest BCUT2D eigenvalue weighted by Crippen LogP contribution is -2.58. The van der Waals surface area contributed by atoms with E-state index in [2.05, 4.69) is 5.32 Å². The maximum atomic E-state index is 13.7. The summed E-state index contributed by atoms with van der Waals surface area (Å²) in [6.07, 6.45) is -0.241. The number of hydrogen-bond acceptors (Lipinski definition) is 9. The molecule has 3 atom stereocenters. The number of nitrogens with one attached hydrogen (secondary N) is 1. The molecule has 2 aromatic rings. The van der Waals surface area contributed by atoms with Gasteiger partial charge in [-0.1, -0.05) is 18.2 Å². The van der Waals surface area contributed by atoms with Crippen LogP contribution in [0.1, 0.15) is 34.3 Å². The molecular weight excluding hydrogens is 506 g/mol. The topological polar surface area (TPSA) is 190 Å². The van der Waals surface area contributed by atoms with Gasteiger partial charge in [0.05, 0.1) is 11.1 Å². The zero-order valence-electron chi connectivity index (χ0n) is 21.2. The molecule has 3 aliphatic carbocycles. The largest absolute Gasteiger partial charge is 0.508 e. The number of nitrogens with two attached hydrogens (primary N) is 1. The van der Waals surface area contributed by atoms with Crippen LogP contribution in [0.2, 0.25) is 0 Å². The number of phenols is 1. The number of benzene rings is 2. The number of rotatable bonds is 4. The molecule has 1 saturated carbocycles. The molecule has 0 unspecified atom stereocenters. The van der Waals surface area contributed by atoms with Crippen LogP contribution in [0.15, 0.2) is 53.3 Å². The Bertz CT molecular complexity index is 1520. The number of fused-ring (bicyclic) bond motifs is 3. The number of aromatic hydroxyl groups is 1. The van der Waals surface area contributed by atoms with Crippen molar-refractivity contribution in [1.82, 2.24) is 0 Å². The van der Waals surface area contributed by atoms with Crippen molar-refractivity contribution in [3.8, 4) is 5.75 Å². The van der Waals surface area contributed by atoms with Crippen molar-refractivity contribution in [3.63, 3.8) is 0 Å². The third kappa shape index (κ3) is 3.76. The third-order valence-corrected chi connectivity index (χ3v) is 7.80. The quantitative estimate of drug-likeness (QED) is 0.318. The van der Waals surface area contributed by atoms with Crippen LogP contribution in [0.25, 0.3) is 5.76 Å². The molecule has 39 heavy (non-hydrogen) atoms. The van der Waals surface area contributed by atoms with Gasteiger partial charge in [0.1, 0.15) is 22.8 Å². The summed E-state index contributed by atoms with van der Waals surface area (Å²) in [7, 11) is 3.45. The van der Waals surface area contributed by atoms with Gasteiger partial charge in [-0.05, 0) is 42.5 Å². The molecule has 0 spiro atoms. The number of aliphatic hydroxyl groups is 3. The highest BCUT2D eigenvalue weighted by Crippen LogP contribution is 2.53. The van der Waals surface area contributed by atoms with Gasteiger partial charge in [-0.3, -0.25) is 19.2 Å². The van der Waals surface area contributed by atoms with E-state index in [1.807, 2.05) is 0 Å². The summed E-state index contributed by atoms with van der Waals surface area (Å²) in [6, 6.07) is 10.0. The number of para-hydroxylation sites is 1. The van der Waals surface area contributed by atoms with Crippen molar-refractivity contribution in [2.24, 2.45) is 17.6 Å². The average Bonchev–Trinajstić information content (AvgIpc) is 2.86. The number of Topliss-reactive ketones (excluding diaryl/α,β-unsaturated/α-hetero) is 2. The number of carbonyl (C=O) groups excluding carboxylic acids is 4. The zero-order chi connectivity index (χ0) is 28.4. The fourth-order valence-electron chi connectivity index (χ4n) is 5.96. The van der Waals surface area contributed by atoms with E-state index < -0.39 is 70.1 Å². The number of ketones is 2. The van der Waals surface area contributed by atoms with E-state index in [-0.39, 0.29) is 29.5 Å². The summed E-state index contributed by atoms with van der Waals surface area (Å²) in [5.41, 5.74) is 2.60. The van der Waals surface area contributed by atoms with Crippen LogP contribution in [0.5, 0.6) is 5.75 Å². The molecule has 202 valence electrons. The van der Waals surface area contributed by atoms with E-state index in [0.717, 1.165) is 0 Å². The number of nitrogens with zero attached hydrogens (tertiary/aromatic N) is 1. The summed E-state index contributed by atoms with van der Waals surface area (Å²) in [5.74, 6) is -7.91. The fourth-order valence-corrected chi connectivity index (χ4v) is 5.96. The minimum Gasteiger partial charge on any atom is -0.508 e. The lowest BCUT2D eigenvalue weighted by molar-refractivity contribution is -0.147. The molecule has 0 aromatic heterocycles. The molecule has 1 fully saturated rings. The summed E-state index contributed by atoms with van der Waals surface area (Å²) < 4.78 is 0. The zero-order valence-corrected chi connectivity index (χ0v) is 21.2. The van der Waals surface area contributed by atoms with Crippen molar-refractivity contribution in [3.05, 3.63) is 70.0 Å². The van der Waals surface area contributed by atoms with Gasteiger partial charge in [-0.25, -0.2) is 0 Å². The lowest BCUT2D eigenvalue weighted by Gasteiger charge is -2.46. The second-order valence-corrected chi connectivity index (χ2v) is 10.3. The Kier molecular flexibility index (Phi) is 5.99. The van der Waals surface area contributed by atoms with Crippen molar-refractivity contribution in [1.29, 1.82) is 0 Å². The normalized spacial score (nSPS) is 24.1. The SMILES string of the molecule is CN(C)c1cc(C(=O)Nc2ccccc2)c(O)c2c1C[C@H]1C[C@H]3CC(=O)C(C(N)=O)=C(O)[C@@]3(O)C(=O)C1=C2O. The Morgan fingerprint density at radius 3 is 2.36 bits per heavy atom. The Morgan fingerprint density at radius 2 is 1.74 bits per heavy atom. The predicted octanol–water partition coefficient (Wildman–Crippen LogP) is 1.74. The maximum Gasteiger partial charge on any atom is 0.259 e. The Morgan fingerprint density at radius 1 is 1.08 bits per heavy atom. The number of aliphatic hydroxyl groups excluding tert-OH is 2. The summed E-state index contributed by atoms with van der Waals surface area (Å²) in [6.45, 7) is 0. The van der Waals surface area contributed by atoms with Crippen molar-refractivity contribution in [2.45, 2.75) is 24.9 Å². The number of hydrogen-bond donors (Lipinski definition) is 6. The molecular formula is C28H27N3O8. The van der Waals surface area contributed by atoms with Crippen LogP contribution < -0.4 is 16.0 Å². The van der Waals surface area contributed by atoms with Gasteiger partial charge in [0.15, 0.2) is 11.4 Å². The molecule has 0 saturated heterocycles. The van der Waals surface area contributed by atoms with E-state index >= 15 is 0 Å². The smallest absolute Gasteiger partial charge is 0.259 e. The van der Waals surface area contributed by atoms with Gasteiger partial charge in [0.25, 0.3) is 11.8 Å². The van der Waals surface area contributed by atoms with Crippen molar-refractivity contribution in [2.75, 3.05) is 24.3 Å². The second-order valence-electron chi connectivity index (χ2n) is 10.3. The van der Waals surface area contributed by atoms with Crippen LogP contribution in [0.3, 0.4) is 0 Å². The van der Waals surface area contributed by atoms with Crippen molar-refractivity contribution < 1.29 is 39.6 Å². The van der Waals surface area contributed by atoms with Crippen molar-refractivity contribution >= 4 is 40.5 Å². The first kappa shape index (κ1) is 26.0. The second kappa shape index (κ2) is 8.98. The Hall–Kier alpha value is -4.64. The summed E-state index contributed by atoms with van der Waals surface area (Å²) in [4.78, 5) is 52.9. The first-order valence-electron chi connectivity index (χ1n) is 12.3. The fraction of sp³-hybridized carbons (Fsp3) is 0.286. The molecule has 3 aliphatic rings. The van der Waals surface area contributed by atoms with E-state index in [1.54, 1.807) is 49.3 Å². The maximum absolute atomic E-state index is 13.7. The lowest BCUT2D eigenvalue weighted by atomic mass is 9.59. The monoisotopic (exact) mass is 533 g/mol. The highest BCUT2D eigenvalue weighted by Gasteiger charge is 2.60. The molecule has 2 amide bonds. The van der Waals surface area contributed by atoms with Gasteiger partial charge in [-0.2, -0.15) is 0 Å². The van der Waals surface area contributed by atoms with Gasteiger partial charge in [0, 0.05) is 43.4 Å². The molecule has 5 rings (SSSR count). The highest BCUT2D eigenvalue weighted by atomic mass is 16.3. The van der Waals surface area contributed by atoms with Gasteiger partial charge >= 0.3 is 0 Å². The average molecular weight is 534 g/mol. The highest BCUT2D eigenvalue weighted by molar-refractivity contribution is 6.23.